The maximum atomic E-state index is 13.6. The number of carbonyl (C=O) groups is 4. The third-order valence-corrected chi connectivity index (χ3v) is 8.39. The average molecular weight is 720 g/mol. The van der Waals surface area contributed by atoms with Gasteiger partial charge in [0, 0.05) is 37.3 Å². The van der Waals surface area contributed by atoms with Gasteiger partial charge in [-0.3, -0.25) is 14.3 Å². The van der Waals surface area contributed by atoms with Crippen LogP contribution in [0.4, 0.5) is 14.4 Å². The smallest absolute Gasteiger partial charge is 0.419 e. The van der Waals surface area contributed by atoms with Crippen molar-refractivity contribution < 1.29 is 33.4 Å². The number of para-hydroxylation sites is 1. The molecular weight excluding hydrogens is 662 g/mol. The number of rotatable bonds is 11. The number of ether oxygens (including phenoxy) is 3. The molecular formula is C40H57N5O7. The SMILES string of the molecule is CC(C)(C)OC(=O)NCCCC[C@H]1C(=O)NCC([C@@H](Cc2cn(C(=O)OC(C)(C)C)c3ccccc23)NC(=O)OC(C)(C)C)N1Cc1ccccc1. The van der Waals surface area contributed by atoms with Crippen LogP contribution in [0.3, 0.4) is 0 Å². The molecule has 1 aliphatic heterocycles. The molecule has 0 radical (unpaired) electrons. The first kappa shape index (κ1) is 40.2. The summed E-state index contributed by atoms with van der Waals surface area (Å²) in [7, 11) is 0. The van der Waals surface area contributed by atoms with Crippen molar-refractivity contribution >= 4 is 35.1 Å². The molecule has 12 nitrogen and oxygen atoms in total. The Balaban J connectivity index is 1.66. The highest BCUT2D eigenvalue weighted by Gasteiger charge is 2.41. The first-order chi connectivity index (χ1) is 24.3. The zero-order valence-electron chi connectivity index (χ0n) is 32.2. The fraction of sp³-hybridized carbons (Fsp3) is 0.550. The number of aromatic nitrogens is 1. The number of nitrogens with zero attached hydrogens (tertiary/aromatic N) is 2. The van der Waals surface area contributed by atoms with Crippen LogP contribution in [0, 0.1) is 0 Å². The van der Waals surface area contributed by atoms with Gasteiger partial charge in [0.2, 0.25) is 5.91 Å². The van der Waals surface area contributed by atoms with Gasteiger partial charge in [0.25, 0.3) is 0 Å². The largest absolute Gasteiger partial charge is 0.444 e. The molecule has 1 aromatic heterocycles. The van der Waals surface area contributed by atoms with Gasteiger partial charge in [0.05, 0.1) is 17.6 Å². The third kappa shape index (κ3) is 12.0. The number of nitrogens with one attached hydrogen (secondary N) is 3. The molecule has 2 aromatic carbocycles. The molecule has 1 saturated heterocycles. The van der Waals surface area contributed by atoms with E-state index in [1.807, 2.05) is 117 Å². The summed E-state index contributed by atoms with van der Waals surface area (Å²) in [5, 5.41) is 9.92. The van der Waals surface area contributed by atoms with Gasteiger partial charge >= 0.3 is 18.3 Å². The first-order valence-electron chi connectivity index (χ1n) is 18.2. The molecule has 2 heterocycles. The molecule has 3 atom stereocenters. The van der Waals surface area contributed by atoms with Gasteiger partial charge in [-0.25, -0.2) is 14.4 Å². The number of carbonyl (C=O) groups excluding carboxylic acids is 4. The zero-order valence-corrected chi connectivity index (χ0v) is 32.2. The summed E-state index contributed by atoms with van der Waals surface area (Å²) in [4.78, 5) is 54.8. The minimum absolute atomic E-state index is 0.0928. The highest BCUT2D eigenvalue weighted by atomic mass is 16.6. The second-order valence-electron chi connectivity index (χ2n) is 16.4. The molecule has 4 rings (SSSR count). The van der Waals surface area contributed by atoms with E-state index < -0.39 is 47.2 Å². The quantitative estimate of drug-likeness (QED) is 0.143. The number of piperazine rings is 1. The normalized spacial score (nSPS) is 17.6. The van der Waals surface area contributed by atoms with Crippen LogP contribution in [0.2, 0.25) is 0 Å². The van der Waals surface area contributed by atoms with Crippen LogP contribution in [-0.2, 0) is 32.0 Å². The van der Waals surface area contributed by atoms with E-state index in [-0.39, 0.29) is 18.5 Å². The van der Waals surface area contributed by atoms with E-state index in [0.717, 1.165) is 16.5 Å². The maximum Gasteiger partial charge on any atom is 0.419 e. The van der Waals surface area contributed by atoms with Gasteiger partial charge in [-0.05, 0) is 105 Å². The van der Waals surface area contributed by atoms with E-state index in [1.54, 1.807) is 6.20 Å². The Morgan fingerprint density at radius 2 is 1.44 bits per heavy atom. The second-order valence-corrected chi connectivity index (χ2v) is 16.4. The van der Waals surface area contributed by atoms with E-state index >= 15 is 0 Å². The van der Waals surface area contributed by atoms with Crippen molar-refractivity contribution in [3.8, 4) is 0 Å². The van der Waals surface area contributed by atoms with Crippen molar-refractivity contribution in [2.75, 3.05) is 13.1 Å². The predicted octanol–water partition coefficient (Wildman–Crippen LogP) is 6.92. The van der Waals surface area contributed by atoms with Crippen LogP contribution < -0.4 is 16.0 Å². The Labute approximate surface area is 307 Å². The Morgan fingerprint density at radius 3 is 2.10 bits per heavy atom. The van der Waals surface area contributed by atoms with E-state index in [0.29, 0.717) is 44.3 Å². The standard InChI is InChI=1S/C40H57N5O7/c1-38(2,3)50-35(47)41-22-16-15-21-32-34(46)42-24-33(44(32)25-27-17-11-10-12-18-27)30(43-36(48)51-39(4,5)6)23-28-26-45(37(49)52-40(7,8)9)31-20-14-13-19-29(28)31/h10-14,17-20,26,30,32-33H,15-16,21-25H2,1-9H3,(H,41,47)(H,42,46)(H,43,48)/t30-,32+,33?/m1/s1. The van der Waals surface area contributed by atoms with Crippen molar-refractivity contribution in [1.82, 2.24) is 25.4 Å². The maximum absolute atomic E-state index is 13.6. The van der Waals surface area contributed by atoms with E-state index in [2.05, 4.69) is 20.9 Å². The lowest BCUT2D eigenvalue weighted by atomic mass is 9.92. The Kier molecular flexibility index (Phi) is 13.0. The number of fused-ring (bicyclic) bond motifs is 1. The molecule has 12 heteroatoms. The Bertz CT molecular complexity index is 1680. The summed E-state index contributed by atoms with van der Waals surface area (Å²) in [6.45, 7) is 17.5. The molecule has 0 saturated carbocycles. The van der Waals surface area contributed by atoms with E-state index in [9.17, 15) is 19.2 Å². The van der Waals surface area contributed by atoms with Crippen molar-refractivity contribution in [2.45, 2.75) is 129 Å². The molecule has 0 spiro atoms. The van der Waals surface area contributed by atoms with Crippen molar-refractivity contribution in [1.29, 1.82) is 0 Å². The molecule has 3 amide bonds. The fourth-order valence-electron chi connectivity index (χ4n) is 6.34. The molecule has 0 bridgehead atoms. The monoisotopic (exact) mass is 719 g/mol. The molecule has 52 heavy (non-hydrogen) atoms. The van der Waals surface area contributed by atoms with Gasteiger partial charge in [0.15, 0.2) is 0 Å². The fourth-order valence-corrected chi connectivity index (χ4v) is 6.34. The number of hydrogen-bond acceptors (Lipinski definition) is 8. The van der Waals surface area contributed by atoms with Crippen LogP contribution >= 0.6 is 0 Å². The Morgan fingerprint density at radius 1 is 0.827 bits per heavy atom. The van der Waals surface area contributed by atoms with E-state index in [4.69, 9.17) is 14.2 Å². The van der Waals surface area contributed by atoms with Crippen molar-refractivity contribution in [3.63, 3.8) is 0 Å². The summed E-state index contributed by atoms with van der Waals surface area (Å²) >= 11 is 0. The van der Waals surface area contributed by atoms with Gasteiger partial charge in [0.1, 0.15) is 16.8 Å². The zero-order chi connectivity index (χ0) is 38.3. The lowest BCUT2D eigenvalue weighted by Crippen LogP contribution is -2.66. The predicted molar refractivity (Wildman–Crippen MR) is 201 cm³/mol. The highest BCUT2D eigenvalue weighted by Crippen LogP contribution is 2.28. The van der Waals surface area contributed by atoms with Crippen molar-refractivity contribution in [2.24, 2.45) is 0 Å². The molecule has 3 aromatic rings. The van der Waals surface area contributed by atoms with Crippen LogP contribution in [0.1, 0.15) is 92.7 Å². The molecule has 1 aliphatic rings. The molecule has 1 unspecified atom stereocenters. The minimum Gasteiger partial charge on any atom is -0.444 e. The molecule has 1 fully saturated rings. The summed E-state index contributed by atoms with van der Waals surface area (Å²) in [5.41, 5.74) is 0.537. The lowest BCUT2D eigenvalue weighted by molar-refractivity contribution is -0.132. The number of amides is 3. The van der Waals surface area contributed by atoms with Gasteiger partial charge in [-0.1, -0.05) is 48.5 Å². The third-order valence-electron chi connectivity index (χ3n) is 8.39. The lowest BCUT2D eigenvalue weighted by Gasteiger charge is -2.45. The number of alkyl carbamates (subject to hydrolysis) is 2. The Hall–Kier alpha value is -4.58. The van der Waals surface area contributed by atoms with Crippen LogP contribution in [0.5, 0.6) is 0 Å². The first-order valence-corrected chi connectivity index (χ1v) is 18.2. The van der Waals surface area contributed by atoms with E-state index in [1.165, 1.54) is 4.57 Å². The topological polar surface area (TPSA) is 140 Å². The summed E-state index contributed by atoms with van der Waals surface area (Å²) < 4.78 is 18.3. The summed E-state index contributed by atoms with van der Waals surface area (Å²) in [6.07, 6.45) is 2.42. The van der Waals surface area contributed by atoms with Gasteiger partial charge in [-0.15, -0.1) is 0 Å². The van der Waals surface area contributed by atoms with Crippen LogP contribution in [0.15, 0.2) is 60.8 Å². The summed E-state index contributed by atoms with van der Waals surface area (Å²) in [6, 6.07) is 16.1. The molecule has 3 N–H and O–H groups in total. The molecule has 0 aliphatic carbocycles. The summed E-state index contributed by atoms with van der Waals surface area (Å²) in [5.74, 6) is -0.0928. The van der Waals surface area contributed by atoms with Crippen LogP contribution in [0.25, 0.3) is 10.9 Å². The highest BCUT2D eigenvalue weighted by molar-refractivity contribution is 5.92. The van der Waals surface area contributed by atoms with Crippen LogP contribution in [-0.4, -0.2) is 81.7 Å². The van der Waals surface area contributed by atoms with Gasteiger partial charge < -0.3 is 30.2 Å². The minimum atomic E-state index is -0.734. The number of benzene rings is 2. The molecule has 284 valence electrons. The number of hydrogen-bond donors (Lipinski definition) is 3. The number of unbranched alkanes of at least 4 members (excludes halogenated alkanes) is 1. The average Bonchev–Trinajstić information content (AvgIpc) is 3.38. The van der Waals surface area contributed by atoms with Gasteiger partial charge in [-0.2, -0.15) is 0 Å². The second kappa shape index (κ2) is 16.8. The van der Waals surface area contributed by atoms with Crippen molar-refractivity contribution in [3.05, 3.63) is 71.9 Å².